The first-order valence-corrected chi connectivity index (χ1v) is 5.02. The zero-order chi connectivity index (χ0) is 10.6. The Hall–Kier alpha value is -0.900. The van der Waals surface area contributed by atoms with E-state index in [-0.39, 0.29) is 11.9 Å². The predicted octanol–water partition coefficient (Wildman–Crippen LogP) is 3.21. The van der Waals surface area contributed by atoms with Gasteiger partial charge < -0.3 is 4.74 Å². The Balaban J connectivity index is 2.93. The lowest BCUT2D eigenvalue weighted by Gasteiger charge is -2.13. The van der Waals surface area contributed by atoms with Gasteiger partial charge in [-0.05, 0) is 40.0 Å². The third-order valence-corrected chi connectivity index (χ3v) is 2.55. The van der Waals surface area contributed by atoms with Crippen molar-refractivity contribution in [2.24, 2.45) is 0 Å². The lowest BCUT2D eigenvalue weighted by atomic mass is 10.1. The molecule has 0 spiro atoms. The van der Waals surface area contributed by atoms with Gasteiger partial charge in [-0.2, -0.15) is 0 Å². The Bertz CT molecular complexity index is 328. The number of carbonyl (C=O) groups excluding carboxylic acids is 1. The summed E-state index contributed by atoms with van der Waals surface area (Å²) in [5, 5.41) is 0. The fraction of sp³-hybridized carbons (Fsp3) is 0.300. The zero-order valence-corrected chi connectivity index (χ0v) is 9.25. The van der Waals surface area contributed by atoms with Crippen molar-refractivity contribution in [3.05, 3.63) is 34.1 Å². The van der Waals surface area contributed by atoms with Crippen molar-refractivity contribution in [1.29, 1.82) is 0 Å². The summed E-state index contributed by atoms with van der Waals surface area (Å²) in [7, 11) is 0. The van der Waals surface area contributed by atoms with Gasteiger partial charge in [0.25, 0.3) is 6.47 Å². The zero-order valence-electron chi connectivity index (χ0n) is 7.67. The molecule has 1 rings (SSSR count). The molecule has 1 aromatic rings. The van der Waals surface area contributed by atoms with Crippen molar-refractivity contribution in [2.75, 3.05) is 0 Å². The van der Waals surface area contributed by atoms with E-state index in [1.165, 1.54) is 6.07 Å². The van der Waals surface area contributed by atoms with Gasteiger partial charge >= 0.3 is 0 Å². The summed E-state index contributed by atoms with van der Waals surface area (Å²) in [6.07, 6.45) is 0.259. The first kappa shape index (κ1) is 11.2. The van der Waals surface area contributed by atoms with E-state index in [9.17, 15) is 9.18 Å². The highest BCUT2D eigenvalue weighted by Crippen LogP contribution is 2.24. The van der Waals surface area contributed by atoms with E-state index in [1.807, 2.05) is 6.92 Å². The van der Waals surface area contributed by atoms with Gasteiger partial charge in [0, 0.05) is 0 Å². The summed E-state index contributed by atoms with van der Waals surface area (Å²) in [4.78, 5) is 10.2. The predicted molar refractivity (Wildman–Crippen MR) is 54.3 cm³/mol. The number of halogens is 2. The molecule has 0 heterocycles. The fourth-order valence-corrected chi connectivity index (χ4v) is 1.44. The van der Waals surface area contributed by atoms with Crippen molar-refractivity contribution in [3.8, 4) is 0 Å². The van der Waals surface area contributed by atoms with Crippen LogP contribution >= 0.6 is 15.9 Å². The fourth-order valence-electron chi connectivity index (χ4n) is 1.19. The molecule has 76 valence electrons. The van der Waals surface area contributed by atoms with Gasteiger partial charge in [0.2, 0.25) is 0 Å². The molecule has 0 aromatic heterocycles. The second-order valence-electron chi connectivity index (χ2n) is 2.80. The highest BCUT2D eigenvalue weighted by Gasteiger charge is 2.11. The van der Waals surface area contributed by atoms with E-state index >= 15 is 0 Å². The highest BCUT2D eigenvalue weighted by atomic mass is 79.9. The van der Waals surface area contributed by atoms with Gasteiger partial charge in [-0.1, -0.05) is 13.0 Å². The summed E-state index contributed by atoms with van der Waals surface area (Å²) in [6, 6.07) is 4.69. The van der Waals surface area contributed by atoms with Crippen molar-refractivity contribution in [1.82, 2.24) is 0 Å². The average Bonchev–Trinajstić information content (AvgIpc) is 2.19. The van der Waals surface area contributed by atoms with E-state index in [0.29, 0.717) is 22.9 Å². The molecule has 0 bridgehead atoms. The summed E-state index contributed by atoms with van der Waals surface area (Å²) in [5.41, 5.74) is 0.667. The first-order valence-electron chi connectivity index (χ1n) is 4.23. The maximum atomic E-state index is 13.1. The maximum absolute atomic E-state index is 13.1. The van der Waals surface area contributed by atoms with E-state index in [4.69, 9.17) is 4.74 Å². The normalized spacial score (nSPS) is 12.2. The van der Waals surface area contributed by atoms with Gasteiger partial charge in [-0.25, -0.2) is 4.39 Å². The number of hydrogen-bond acceptors (Lipinski definition) is 2. The smallest absolute Gasteiger partial charge is 0.293 e. The third-order valence-electron chi connectivity index (χ3n) is 1.91. The molecule has 1 atom stereocenters. The van der Waals surface area contributed by atoms with Crippen LogP contribution in [-0.4, -0.2) is 6.47 Å². The number of carbonyl (C=O) groups is 1. The Morgan fingerprint density at radius 1 is 1.64 bits per heavy atom. The SMILES string of the molecule is CC[C@H](OC=O)c1ccc(Br)c(F)c1. The molecule has 1 aromatic carbocycles. The minimum absolute atomic E-state index is 0.351. The topological polar surface area (TPSA) is 26.3 Å². The molecule has 0 amide bonds. The standard InChI is InChI=1S/C10H10BrFO2/c1-2-10(14-6-13)7-3-4-8(11)9(12)5-7/h3-6,10H,2H2,1H3/t10-/m0/s1. The molecular weight excluding hydrogens is 251 g/mol. The molecule has 0 unspecified atom stereocenters. The minimum atomic E-state index is -0.366. The largest absolute Gasteiger partial charge is 0.460 e. The number of rotatable bonds is 4. The quantitative estimate of drug-likeness (QED) is 0.778. The van der Waals surface area contributed by atoms with Crippen LogP contribution in [0.5, 0.6) is 0 Å². The Morgan fingerprint density at radius 2 is 2.36 bits per heavy atom. The molecular formula is C10H10BrFO2. The Morgan fingerprint density at radius 3 is 2.86 bits per heavy atom. The summed E-state index contributed by atoms with van der Waals surface area (Å²) < 4.78 is 18.3. The molecule has 0 aliphatic heterocycles. The van der Waals surface area contributed by atoms with Crippen LogP contribution in [0.15, 0.2) is 22.7 Å². The van der Waals surface area contributed by atoms with Gasteiger partial charge in [-0.3, -0.25) is 4.79 Å². The van der Waals surface area contributed by atoms with Gasteiger partial charge in [0.05, 0.1) is 4.47 Å². The van der Waals surface area contributed by atoms with Crippen LogP contribution in [0.2, 0.25) is 0 Å². The van der Waals surface area contributed by atoms with Gasteiger partial charge in [-0.15, -0.1) is 0 Å². The molecule has 0 fully saturated rings. The molecule has 4 heteroatoms. The molecule has 0 saturated heterocycles. The second kappa shape index (κ2) is 5.10. The molecule has 0 saturated carbocycles. The first-order chi connectivity index (χ1) is 6.69. The monoisotopic (exact) mass is 260 g/mol. The minimum Gasteiger partial charge on any atom is -0.460 e. The summed E-state index contributed by atoms with van der Waals surface area (Å²) >= 11 is 3.05. The second-order valence-corrected chi connectivity index (χ2v) is 3.66. The van der Waals surface area contributed by atoms with E-state index in [2.05, 4.69) is 15.9 Å². The Kier molecular flexibility index (Phi) is 4.07. The van der Waals surface area contributed by atoms with Crippen LogP contribution in [0.1, 0.15) is 25.0 Å². The van der Waals surface area contributed by atoms with Gasteiger partial charge in [0.1, 0.15) is 11.9 Å². The van der Waals surface area contributed by atoms with Gasteiger partial charge in [0.15, 0.2) is 0 Å². The van der Waals surface area contributed by atoms with E-state index < -0.39 is 0 Å². The van der Waals surface area contributed by atoms with Crippen molar-refractivity contribution in [2.45, 2.75) is 19.4 Å². The van der Waals surface area contributed by atoms with E-state index in [1.54, 1.807) is 12.1 Å². The van der Waals surface area contributed by atoms with Crippen LogP contribution in [0.4, 0.5) is 4.39 Å². The lowest BCUT2D eigenvalue weighted by Crippen LogP contribution is -2.02. The molecule has 2 nitrogen and oxygen atoms in total. The van der Waals surface area contributed by atoms with Crippen molar-refractivity contribution >= 4 is 22.4 Å². The van der Waals surface area contributed by atoms with Crippen LogP contribution < -0.4 is 0 Å². The maximum Gasteiger partial charge on any atom is 0.293 e. The van der Waals surface area contributed by atoms with Crippen molar-refractivity contribution < 1.29 is 13.9 Å². The summed E-state index contributed by atoms with van der Waals surface area (Å²) in [6.45, 7) is 2.25. The van der Waals surface area contributed by atoms with Crippen LogP contribution in [-0.2, 0) is 9.53 Å². The lowest BCUT2D eigenvalue weighted by molar-refractivity contribution is -0.134. The molecule has 0 radical (unpaired) electrons. The number of hydrogen-bond donors (Lipinski definition) is 0. The average molecular weight is 261 g/mol. The highest BCUT2D eigenvalue weighted by molar-refractivity contribution is 9.10. The van der Waals surface area contributed by atoms with E-state index in [0.717, 1.165) is 0 Å². The summed E-state index contributed by atoms with van der Waals surface area (Å²) in [5.74, 6) is -0.351. The number of ether oxygens (including phenoxy) is 1. The van der Waals surface area contributed by atoms with Crippen molar-refractivity contribution in [3.63, 3.8) is 0 Å². The molecule has 14 heavy (non-hydrogen) atoms. The molecule has 0 aliphatic rings. The van der Waals surface area contributed by atoms with Crippen LogP contribution in [0, 0.1) is 5.82 Å². The number of benzene rings is 1. The third kappa shape index (κ3) is 2.54. The molecule has 0 aliphatic carbocycles. The van der Waals surface area contributed by atoms with Crippen LogP contribution in [0.3, 0.4) is 0 Å². The van der Waals surface area contributed by atoms with Crippen LogP contribution in [0.25, 0.3) is 0 Å². The molecule has 0 N–H and O–H groups in total. The Labute approximate surface area is 90.2 Å².